The van der Waals surface area contributed by atoms with Gasteiger partial charge in [-0.1, -0.05) is 38.1 Å². The number of carboxylic acid groups (broad SMARTS) is 1. The second kappa shape index (κ2) is 12.7. The number of sulfonamides is 1. The molecule has 2 rings (SSSR count). The first-order chi connectivity index (χ1) is 16.3. The molecule has 2 amide bonds. The lowest BCUT2D eigenvalue weighted by Crippen LogP contribution is -2.60. The molecule has 196 valence electrons. The van der Waals surface area contributed by atoms with Crippen molar-refractivity contribution in [1.82, 2.24) is 15.5 Å². The summed E-state index contributed by atoms with van der Waals surface area (Å²) in [6.07, 6.45) is -0.203. The SMILES string of the molecule is CC(C)[C@H](NC[C@H](N)CS)C(=O)N1Cc2ccccc2C[C@@H]1C(=O)N[C@@H](CCS(N)(=O)=O)C(=O)O. The van der Waals surface area contributed by atoms with Gasteiger partial charge in [-0.25, -0.2) is 18.4 Å². The number of rotatable bonds is 12. The van der Waals surface area contributed by atoms with Crippen LogP contribution in [0.15, 0.2) is 24.3 Å². The fourth-order valence-corrected chi connectivity index (χ4v) is 4.62. The van der Waals surface area contributed by atoms with E-state index in [0.717, 1.165) is 11.1 Å². The molecule has 0 aliphatic carbocycles. The van der Waals surface area contributed by atoms with Crippen molar-refractivity contribution < 1.29 is 27.9 Å². The van der Waals surface area contributed by atoms with E-state index in [-0.39, 0.29) is 30.8 Å². The summed E-state index contributed by atoms with van der Waals surface area (Å²) in [5, 5.41) is 20.1. The van der Waals surface area contributed by atoms with Crippen LogP contribution in [0.25, 0.3) is 0 Å². The molecule has 1 aliphatic heterocycles. The summed E-state index contributed by atoms with van der Waals surface area (Å²) in [6, 6.07) is 4.08. The fraction of sp³-hybridized carbons (Fsp3) is 0.591. The van der Waals surface area contributed by atoms with E-state index in [4.69, 9.17) is 10.9 Å². The molecule has 1 heterocycles. The second-order valence-corrected chi connectivity index (χ2v) is 11.2. The van der Waals surface area contributed by atoms with Crippen molar-refractivity contribution in [3.05, 3.63) is 35.4 Å². The van der Waals surface area contributed by atoms with Gasteiger partial charge in [0.1, 0.15) is 12.1 Å². The second-order valence-electron chi connectivity index (χ2n) is 9.08. The summed E-state index contributed by atoms with van der Waals surface area (Å²) in [4.78, 5) is 40.0. The van der Waals surface area contributed by atoms with Crippen LogP contribution in [0.4, 0.5) is 0 Å². The van der Waals surface area contributed by atoms with Crippen molar-refractivity contribution in [3.8, 4) is 0 Å². The summed E-state index contributed by atoms with van der Waals surface area (Å²) in [6.45, 7) is 4.28. The third-order valence-corrected chi connectivity index (χ3v) is 7.18. The molecule has 0 saturated heterocycles. The Labute approximate surface area is 211 Å². The number of hydrogen-bond donors (Lipinski definition) is 6. The van der Waals surface area contributed by atoms with Crippen LogP contribution < -0.4 is 21.5 Å². The Morgan fingerprint density at radius 3 is 2.40 bits per heavy atom. The molecular weight excluding hydrogens is 494 g/mol. The lowest BCUT2D eigenvalue weighted by molar-refractivity contribution is -0.146. The quantitative estimate of drug-likeness (QED) is 0.187. The van der Waals surface area contributed by atoms with E-state index < -0.39 is 52.2 Å². The zero-order valence-electron chi connectivity index (χ0n) is 19.9. The maximum atomic E-state index is 13.7. The predicted molar refractivity (Wildman–Crippen MR) is 135 cm³/mol. The Kier molecular flexibility index (Phi) is 10.5. The monoisotopic (exact) mass is 529 g/mol. The van der Waals surface area contributed by atoms with Crippen molar-refractivity contribution in [3.63, 3.8) is 0 Å². The molecule has 0 saturated carbocycles. The first-order valence-electron chi connectivity index (χ1n) is 11.3. The number of hydrogen-bond acceptors (Lipinski definition) is 8. The largest absolute Gasteiger partial charge is 0.480 e. The van der Waals surface area contributed by atoms with Gasteiger partial charge in [-0.15, -0.1) is 0 Å². The van der Waals surface area contributed by atoms with Gasteiger partial charge >= 0.3 is 5.97 Å². The number of carbonyl (C=O) groups is 3. The molecule has 1 aromatic carbocycles. The van der Waals surface area contributed by atoms with Crippen LogP contribution >= 0.6 is 12.6 Å². The number of carboxylic acids is 1. The molecule has 0 aromatic heterocycles. The average molecular weight is 530 g/mol. The van der Waals surface area contributed by atoms with Crippen molar-refractivity contribution in [2.75, 3.05) is 18.1 Å². The van der Waals surface area contributed by atoms with Crippen LogP contribution in [0.2, 0.25) is 0 Å². The molecule has 4 atom stereocenters. The van der Waals surface area contributed by atoms with Crippen LogP contribution in [0.5, 0.6) is 0 Å². The lowest BCUT2D eigenvalue weighted by atomic mass is 9.91. The minimum Gasteiger partial charge on any atom is -0.480 e. The number of thiol groups is 1. The van der Waals surface area contributed by atoms with Gasteiger partial charge < -0.3 is 26.4 Å². The zero-order chi connectivity index (χ0) is 26.3. The number of aliphatic carboxylic acids is 1. The molecule has 1 aromatic rings. The fourth-order valence-electron chi connectivity index (χ4n) is 3.93. The van der Waals surface area contributed by atoms with Crippen molar-refractivity contribution in [2.24, 2.45) is 16.8 Å². The number of primary sulfonamides is 1. The van der Waals surface area contributed by atoms with Gasteiger partial charge in [-0.05, 0) is 23.5 Å². The van der Waals surface area contributed by atoms with Gasteiger partial charge in [-0.3, -0.25) is 9.59 Å². The highest BCUT2D eigenvalue weighted by atomic mass is 32.2. The molecule has 0 spiro atoms. The molecule has 13 heteroatoms. The smallest absolute Gasteiger partial charge is 0.326 e. The third-order valence-electron chi connectivity index (χ3n) is 5.91. The number of benzene rings is 1. The van der Waals surface area contributed by atoms with Crippen LogP contribution in [0, 0.1) is 5.92 Å². The standard InChI is InChI=1S/C22H35N5O6S2/c1-13(2)19(25-10-16(23)12-34)21(29)27-11-15-6-4-3-5-14(15)9-18(27)20(28)26-17(22(30)31)7-8-35(24,32)33/h3-6,13,16-19,25,34H,7-12,23H2,1-2H3,(H,26,28)(H,30,31)(H2,24,32,33)/t16-,17-,18+,19-/m0/s1. The number of fused-ring (bicyclic) bond motifs is 1. The normalized spacial score (nSPS) is 18.5. The molecular formula is C22H35N5O6S2. The van der Waals surface area contributed by atoms with Crippen molar-refractivity contribution in [2.45, 2.75) is 57.4 Å². The highest BCUT2D eigenvalue weighted by Gasteiger charge is 2.39. The average Bonchev–Trinajstić information content (AvgIpc) is 2.79. The summed E-state index contributed by atoms with van der Waals surface area (Å²) in [7, 11) is -3.92. The first-order valence-corrected chi connectivity index (χ1v) is 13.7. The van der Waals surface area contributed by atoms with E-state index >= 15 is 0 Å². The molecule has 35 heavy (non-hydrogen) atoms. The van der Waals surface area contributed by atoms with E-state index in [0.29, 0.717) is 12.3 Å². The van der Waals surface area contributed by atoms with Crippen LogP contribution in [-0.2, 0) is 37.4 Å². The third kappa shape index (κ3) is 8.46. The Bertz CT molecular complexity index is 1020. The van der Waals surface area contributed by atoms with Gasteiger partial charge in [0.25, 0.3) is 0 Å². The van der Waals surface area contributed by atoms with Crippen LogP contribution in [0.3, 0.4) is 0 Å². The van der Waals surface area contributed by atoms with Gasteiger partial charge in [0, 0.05) is 31.3 Å². The van der Waals surface area contributed by atoms with Gasteiger partial charge in [0.15, 0.2) is 0 Å². The highest BCUT2D eigenvalue weighted by molar-refractivity contribution is 7.89. The molecule has 0 bridgehead atoms. The number of nitrogens with two attached hydrogens (primary N) is 2. The molecule has 0 fully saturated rings. The first kappa shape index (κ1) is 29.0. The topological polar surface area (TPSA) is 185 Å². The Morgan fingerprint density at radius 2 is 1.86 bits per heavy atom. The Balaban J connectivity index is 2.31. The molecule has 1 aliphatic rings. The van der Waals surface area contributed by atoms with Gasteiger partial charge in [0.2, 0.25) is 21.8 Å². The molecule has 7 N–H and O–H groups in total. The van der Waals surface area contributed by atoms with E-state index in [9.17, 15) is 27.9 Å². The summed E-state index contributed by atoms with van der Waals surface area (Å²) >= 11 is 4.17. The molecule has 11 nitrogen and oxygen atoms in total. The van der Waals surface area contributed by atoms with Crippen LogP contribution in [0.1, 0.15) is 31.4 Å². The lowest BCUT2D eigenvalue weighted by Gasteiger charge is -2.39. The maximum absolute atomic E-state index is 13.7. The summed E-state index contributed by atoms with van der Waals surface area (Å²) < 4.78 is 22.6. The van der Waals surface area contributed by atoms with E-state index in [1.807, 2.05) is 38.1 Å². The predicted octanol–water partition coefficient (Wildman–Crippen LogP) is -0.941. The van der Waals surface area contributed by atoms with E-state index in [1.54, 1.807) is 0 Å². The highest BCUT2D eigenvalue weighted by Crippen LogP contribution is 2.25. The van der Waals surface area contributed by atoms with Crippen molar-refractivity contribution in [1.29, 1.82) is 0 Å². The van der Waals surface area contributed by atoms with E-state index in [1.165, 1.54) is 4.90 Å². The van der Waals surface area contributed by atoms with Crippen LogP contribution in [-0.4, -0.2) is 78.4 Å². The van der Waals surface area contributed by atoms with Gasteiger partial charge in [-0.2, -0.15) is 12.6 Å². The summed E-state index contributed by atoms with van der Waals surface area (Å²) in [5.74, 6) is -2.66. The summed E-state index contributed by atoms with van der Waals surface area (Å²) in [5.41, 5.74) is 7.71. The van der Waals surface area contributed by atoms with Crippen molar-refractivity contribution >= 4 is 40.4 Å². The number of carbonyl (C=O) groups excluding carboxylic acids is 2. The zero-order valence-corrected chi connectivity index (χ0v) is 21.6. The maximum Gasteiger partial charge on any atom is 0.326 e. The Morgan fingerprint density at radius 1 is 1.23 bits per heavy atom. The number of nitrogens with one attached hydrogen (secondary N) is 2. The minimum atomic E-state index is -3.92. The van der Waals surface area contributed by atoms with Gasteiger partial charge in [0.05, 0.1) is 11.8 Å². The molecule has 0 radical (unpaired) electrons. The van der Waals surface area contributed by atoms with E-state index in [2.05, 4.69) is 23.3 Å². The number of nitrogens with zero attached hydrogens (tertiary/aromatic N) is 1. The number of amides is 2. The molecule has 0 unspecified atom stereocenters. The Hall–Kier alpha value is -2.19. The minimum absolute atomic E-state index is 0.114.